The van der Waals surface area contributed by atoms with Crippen LogP contribution in [0.4, 0.5) is 0 Å². The largest absolute Gasteiger partial charge is 0.383 e. The summed E-state index contributed by atoms with van der Waals surface area (Å²) in [4.78, 5) is 18.5. The average molecular weight is 315 g/mol. The monoisotopic (exact) mass is 315 g/mol. The van der Waals surface area contributed by atoms with Crippen molar-refractivity contribution in [3.8, 4) is 5.82 Å². The molecule has 7 nitrogen and oxygen atoms in total. The molecule has 1 aliphatic rings. The van der Waals surface area contributed by atoms with Crippen LogP contribution in [-0.2, 0) is 16.0 Å². The number of amides is 1. The molecule has 0 radical (unpaired) electrons. The summed E-state index contributed by atoms with van der Waals surface area (Å²) < 4.78 is 6.84. The van der Waals surface area contributed by atoms with E-state index in [-0.39, 0.29) is 5.91 Å². The van der Waals surface area contributed by atoms with E-state index in [1.54, 1.807) is 24.3 Å². The van der Waals surface area contributed by atoms with Crippen molar-refractivity contribution in [1.29, 1.82) is 0 Å². The number of rotatable bonds is 6. The van der Waals surface area contributed by atoms with Crippen LogP contribution in [0.5, 0.6) is 0 Å². The number of hydrogen-bond acceptors (Lipinski definition) is 5. The molecule has 0 saturated carbocycles. The van der Waals surface area contributed by atoms with Gasteiger partial charge in [0, 0.05) is 32.3 Å². The minimum absolute atomic E-state index is 0.221. The van der Waals surface area contributed by atoms with Gasteiger partial charge >= 0.3 is 0 Å². The molecule has 1 saturated heterocycles. The van der Waals surface area contributed by atoms with Crippen molar-refractivity contribution in [2.45, 2.75) is 19.8 Å². The van der Waals surface area contributed by atoms with Gasteiger partial charge in [-0.1, -0.05) is 6.07 Å². The molecule has 122 valence electrons. The number of aryl methyl sites for hydroxylation is 1. The van der Waals surface area contributed by atoms with Crippen LogP contribution >= 0.6 is 0 Å². The molecule has 1 fully saturated rings. The first-order chi connectivity index (χ1) is 11.2. The molecule has 2 aromatic heterocycles. The summed E-state index contributed by atoms with van der Waals surface area (Å²) in [5, 5.41) is 7.59. The lowest BCUT2D eigenvalue weighted by molar-refractivity contribution is -0.128. The molecule has 3 rings (SSSR count). The highest BCUT2D eigenvalue weighted by molar-refractivity contribution is 5.78. The van der Waals surface area contributed by atoms with Crippen molar-refractivity contribution in [2.75, 3.05) is 26.8 Å². The molecular weight excluding hydrogens is 294 g/mol. The molecule has 0 aliphatic carbocycles. The van der Waals surface area contributed by atoms with Crippen LogP contribution in [-0.4, -0.2) is 57.4 Å². The lowest BCUT2D eigenvalue weighted by atomic mass is 9.97. The molecule has 0 unspecified atom stereocenters. The van der Waals surface area contributed by atoms with Crippen LogP contribution in [0.15, 0.2) is 24.8 Å². The van der Waals surface area contributed by atoms with Gasteiger partial charge in [0.15, 0.2) is 0 Å². The Labute approximate surface area is 135 Å². The Kier molecular flexibility index (Phi) is 4.66. The van der Waals surface area contributed by atoms with E-state index in [4.69, 9.17) is 4.74 Å². The molecule has 1 atom stereocenters. The number of pyridine rings is 1. The van der Waals surface area contributed by atoms with Crippen molar-refractivity contribution < 1.29 is 9.53 Å². The third-order valence-corrected chi connectivity index (χ3v) is 4.23. The third kappa shape index (κ3) is 3.56. The predicted octanol–water partition coefficient (Wildman–Crippen LogP) is 1.01. The average Bonchev–Trinajstić information content (AvgIpc) is 3.17. The molecule has 23 heavy (non-hydrogen) atoms. The summed E-state index contributed by atoms with van der Waals surface area (Å²) in [6.45, 7) is 4.07. The molecule has 2 aromatic rings. The number of aromatic nitrogens is 4. The van der Waals surface area contributed by atoms with Crippen LogP contribution in [0.3, 0.4) is 0 Å². The first-order valence-electron chi connectivity index (χ1n) is 7.75. The lowest BCUT2D eigenvalue weighted by Gasteiger charge is -2.16. The minimum atomic E-state index is 0.221. The first-order valence-corrected chi connectivity index (χ1v) is 7.75. The van der Waals surface area contributed by atoms with E-state index in [0.29, 0.717) is 25.5 Å². The Balaban J connectivity index is 1.66. The standard InChI is InChI=1S/C16H21N5O2/c1-12-14(3-4-15(19-12)21-10-17-18-11-21)7-13-8-16(22)20(9-13)5-6-23-2/h3-4,10-11,13H,5-9H2,1-2H3/t13-/m1/s1. The number of nitrogens with zero attached hydrogens (tertiary/aromatic N) is 5. The van der Waals surface area contributed by atoms with E-state index in [0.717, 1.165) is 24.5 Å². The predicted molar refractivity (Wildman–Crippen MR) is 84.2 cm³/mol. The fourth-order valence-corrected chi connectivity index (χ4v) is 2.97. The van der Waals surface area contributed by atoms with Crippen LogP contribution in [0.2, 0.25) is 0 Å². The number of ether oxygens (including phenoxy) is 1. The topological polar surface area (TPSA) is 73.1 Å². The molecule has 1 aliphatic heterocycles. The Morgan fingerprint density at radius 3 is 2.78 bits per heavy atom. The second-order valence-corrected chi connectivity index (χ2v) is 5.89. The maximum Gasteiger partial charge on any atom is 0.223 e. The highest BCUT2D eigenvalue weighted by atomic mass is 16.5. The van der Waals surface area contributed by atoms with Crippen LogP contribution in [0.25, 0.3) is 5.82 Å². The molecular formula is C16H21N5O2. The molecule has 0 spiro atoms. The molecule has 7 heteroatoms. The summed E-state index contributed by atoms with van der Waals surface area (Å²) in [6.07, 6.45) is 4.74. The van der Waals surface area contributed by atoms with Gasteiger partial charge in [0.25, 0.3) is 0 Å². The van der Waals surface area contributed by atoms with E-state index in [9.17, 15) is 4.79 Å². The van der Waals surface area contributed by atoms with Gasteiger partial charge in [-0.3, -0.25) is 9.36 Å². The van der Waals surface area contributed by atoms with Gasteiger partial charge in [0.1, 0.15) is 18.5 Å². The van der Waals surface area contributed by atoms with Gasteiger partial charge in [0.2, 0.25) is 5.91 Å². The number of hydrogen-bond donors (Lipinski definition) is 0. The van der Waals surface area contributed by atoms with Crippen molar-refractivity contribution >= 4 is 5.91 Å². The Bertz CT molecular complexity index is 671. The number of methoxy groups -OCH3 is 1. The van der Waals surface area contributed by atoms with Crippen molar-refractivity contribution in [3.63, 3.8) is 0 Å². The molecule has 3 heterocycles. The van der Waals surface area contributed by atoms with Gasteiger partial charge in [-0.25, -0.2) is 4.98 Å². The van der Waals surface area contributed by atoms with Gasteiger partial charge < -0.3 is 9.64 Å². The third-order valence-electron chi connectivity index (χ3n) is 4.23. The zero-order chi connectivity index (χ0) is 16.2. The van der Waals surface area contributed by atoms with Gasteiger partial charge in [0.05, 0.1) is 6.61 Å². The zero-order valence-corrected chi connectivity index (χ0v) is 13.5. The Morgan fingerprint density at radius 1 is 1.30 bits per heavy atom. The normalized spacial score (nSPS) is 17.9. The second-order valence-electron chi connectivity index (χ2n) is 5.89. The quantitative estimate of drug-likeness (QED) is 0.795. The summed E-state index contributed by atoms with van der Waals surface area (Å²) >= 11 is 0. The SMILES string of the molecule is COCCN1C[C@H](Cc2ccc(-n3cnnc3)nc2C)CC1=O. The Hall–Kier alpha value is -2.28. The summed E-state index contributed by atoms with van der Waals surface area (Å²) in [6, 6.07) is 4.05. The number of carbonyl (C=O) groups is 1. The summed E-state index contributed by atoms with van der Waals surface area (Å²) in [5.74, 6) is 1.37. The minimum Gasteiger partial charge on any atom is -0.383 e. The van der Waals surface area contributed by atoms with Crippen LogP contribution in [0.1, 0.15) is 17.7 Å². The second kappa shape index (κ2) is 6.87. The van der Waals surface area contributed by atoms with Gasteiger partial charge in [-0.2, -0.15) is 0 Å². The number of carbonyl (C=O) groups excluding carboxylic acids is 1. The van der Waals surface area contributed by atoms with E-state index < -0.39 is 0 Å². The maximum atomic E-state index is 12.0. The van der Waals surface area contributed by atoms with Crippen molar-refractivity contribution in [2.24, 2.45) is 5.92 Å². The van der Waals surface area contributed by atoms with Crippen molar-refractivity contribution in [1.82, 2.24) is 24.6 Å². The van der Waals surface area contributed by atoms with Crippen molar-refractivity contribution in [3.05, 3.63) is 36.0 Å². The summed E-state index contributed by atoms with van der Waals surface area (Å²) in [5.41, 5.74) is 2.17. The fraction of sp³-hybridized carbons (Fsp3) is 0.500. The molecule has 1 amide bonds. The summed E-state index contributed by atoms with van der Waals surface area (Å²) in [7, 11) is 1.66. The Morgan fingerprint density at radius 2 is 2.09 bits per heavy atom. The maximum absolute atomic E-state index is 12.0. The molecule has 0 bridgehead atoms. The smallest absolute Gasteiger partial charge is 0.223 e. The van der Waals surface area contributed by atoms with E-state index in [2.05, 4.69) is 21.2 Å². The first kappa shape index (κ1) is 15.6. The van der Waals surface area contributed by atoms with Gasteiger partial charge in [-0.05, 0) is 30.9 Å². The van der Waals surface area contributed by atoms with Crippen LogP contribution < -0.4 is 0 Å². The van der Waals surface area contributed by atoms with Gasteiger partial charge in [-0.15, -0.1) is 10.2 Å². The highest BCUT2D eigenvalue weighted by Gasteiger charge is 2.29. The van der Waals surface area contributed by atoms with Crippen LogP contribution in [0, 0.1) is 12.8 Å². The molecule has 0 aromatic carbocycles. The van der Waals surface area contributed by atoms with E-state index in [1.807, 2.05) is 17.9 Å². The number of likely N-dealkylation sites (tertiary alicyclic amines) is 1. The molecule has 0 N–H and O–H groups in total. The highest BCUT2D eigenvalue weighted by Crippen LogP contribution is 2.23. The van der Waals surface area contributed by atoms with E-state index >= 15 is 0 Å². The zero-order valence-electron chi connectivity index (χ0n) is 13.5. The fourth-order valence-electron chi connectivity index (χ4n) is 2.97. The van der Waals surface area contributed by atoms with E-state index in [1.165, 1.54) is 5.56 Å². The lowest BCUT2D eigenvalue weighted by Crippen LogP contribution is -2.29.